The van der Waals surface area contributed by atoms with Gasteiger partial charge >= 0.3 is 0 Å². The van der Waals surface area contributed by atoms with E-state index < -0.39 is 0 Å². The summed E-state index contributed by atoms with van der Waals surface area (Å²) in [6, 6.07) is 20.8. The fourth-order valence-corrected chi connectivity index (χ4v) is 3.04. The molecule has 3 aromatic rings. The highest BCUT2D eigenvalue weighted by Crippen LogP contribution is 2.37. The number of benzene rings is 3. The van der Waals surface area contributed by atoms with Gasteiger partial charge in [-0.1, -0.05) is 63.2 Å². The number of ether oxygens (including phenoxy) is 1. The zero-order valence-electron chi connectivity index (χ0n) is 14.4. The second-order valence-electron chi connectivity index (χ2n) is 6.97. The molecule has 122 valence electrons. The van der Waals surface area contributed by atoms with Crippen molar-refractivity contribution in [1.82, 2.24) is 0 Å². The quantitative estimate of drug-likeness (QED) is 0.603. The number of para-hydroxylation sites is 1. The van der Waals surface area contributed by atoms with E-state index in [-0.39, 0.29) is 12.0 Å². The molecule has 0 bridgehead atoms. The van der Waals surface area contributed by atoms with Crippen molar-refractivity contribution in [2.75, 3.05) is 6.61 Å². The summed E-state index contributed by atoms with van der Waals surface area (Å²) in [4.78, 5) is 10.7. The molecule has 0 radical (unpaired) electrons. The maximum absolute atomic E-state index is 10.7. The van der Waals surface area contributed by atoms with Crippen LogP contribution in [0.3, 0.4) is 0 Å². The third-order valence-electron chi connectivity index (χ3n) is 4.17. The maximum atomic E-state index is 10.7. The number of carbonyl (C=O) groups is 1. The van der Waals surface area contributed by atoms with Gasteiger partial charge in [-0.05, 0) is 45.5 Å². The van der Waals surface area contributed by atoms with Crippen molar-refractivity contribution in [3.63, 3.8) is 0 Å². The average molecular weight is 318 g/mol. The summed E-state index contributed by atoms with van der Waals surface area (Å²) in [6.07, 6.45) is 0.776. The second kappa shape index (κ2) is 6.48. The number of hydrogen-bond acceptors (Lipinski definition) is 2. The summed E-state index contributed by atoms with van der Waals surface area (Å²) in [6.45, 7) is 6.75. The van der Waals surface area contributed by atoms with E-state index in [1.807, 2.05) is 24.3 Å². The lowest BCUT2D eigenvalue weighted by Gasteiger charge is -2.23. The van der Waals surface area contributed by atoms with E-state index in [4.69, 9.17) is 4.74 Å². The van der Waals surface area contributed by atoms with E-state index in [1.54, 1.807) is 0 Å². The summed E-state index contributed by atoms with van der Waals surface area (Å²) < 4.78 is 5.61. The van der Waals surface area contributed by atoms with Gasteiger partial charge in [0.05, 0.1) is 0 Å². The molecule has 0 heterocycles. The molecular weight excluding hydrogens is 296 g/mol. The molecule has 0 aliphatic rings. The molecule has 2 heteroatoms. The first-order chi connectivity index (χ1) is 11.5. The molecule has 0 saturated carbocycles. The van der Waals surface area contributed by atoms with Gasteiger partial charge in [0, 0.05) is 5.56 Å². The van der Waals surface area contributed by atoms with Crippen LogP contribution in [0.25, 0.3) is 21.9 Å². The number of carbonyl (C=O) groups excluding carboxylic acids is 1. The third-order valence-corrected chi connectivity index (χ3v) is 4.17. The van der Waals surface area contributed by atoms with Crippen molar-refractivity contribution >= 4 is 17.1 Å². The summed E-state index contributed by atoms with van der Waals surface area (Å²) in [5.41, 5.74) is 3.46. The first kappa shape index (κ1) is 16.3. The van der Waals surface area contributed by atoms with Crippen molar-refractivity contribution in [1.29, 1.82) is 0 Å². The van der Waals surface area contributed by atoms with Crippen molar-refractivity contribution in [3.05, 3.63) is 66.2 Å². The molecule has 24 heavy (non-hydrogen) atoms. The first-order valence-corrected chi connectivity index (χ1v) is 8.20. The molecule has 0 saturated heterocycles. The minimum absolute atomic E-state index is 0.0359. The summed E-state index contributed by atoms with van der Waals surface area (Å²) in [5, 5.41) is 2.49. The highest BCUT2D eigenvalue weighted by atomic mass is 16.5. The van der Waals surface area contributed by atoms with Crippen LogP contribution in [0.4, 0.5) is 0 Å². The largest absolute Gasteiger partial charge is 0.486 e. The van der Waals surface area contributed by atoms with Crippen LogP contribution in [0.1, 0.15) is 26.3 Å². The number of fused-ring (bicyclic) bond motifs is 1. The molecular formula is C22H22O2. The molecule has 0 unspecified atom stereocenters. The van der Waals surface area contributed by atoms with Gasteiger partial charge in [-0.3, -0.25) is 4.79 Å². The predicted molar refractivity (Wildman–Crippen MR) is 99.6 cm³/mol. The number of aldehydes is 1. The van der Waals surface area contributed by atoms with Crippen molar-refractivity contribution in [3.8, 4) is 16.9 Å². The van der Waals surface area contributed by atoms with E-state index in [2.05, 4.69) is 57.2 Å². The minimum Gasteiger partial charge on any atom is -0.486 e. The van der Waals surface area contributed by atoms with Crippen LogP contribution < -0.4 is 4.74 Å². The molecule has 0 atom stereocenters. The van der Waals surface area contributed by atoms with Gasteiger partial charge in [0.25, 0.3) is 0 Å². The van der Waals surface area contributed by atoms with E-state index in [0.717, 1.165) is 23.2 Å². The predicted octanol–water partition coefficient (Wildman–Crippen LogP) is 5.38. The number of rotatable bonds is 4. The van der Waals surface area contributed by atoms with Crippen LogP contribution in [0, 0.1) is 0 Å². The van der Waals surface area contributed by atoms with E-state index in [0.29, 0.717) is 0 Å². The molecule has 0 aliphatic heterocycles. The molecule has 0 amide bonds. The normalized spacial score (nSPS) is 11.5. The smallest absolute Gasteiger partial charge is 0.157 e. The number of hydrogen-bond donors (Lipinski definition) is 0. The first-order valence-electron chi connectivity index (χ1n) is 8.20. The van der Waals surface area contributed by atoms with Crippen molar-refractivity contribution < 1.29 is 9.53 Å². The van der Waals surface area contributed by atoms with Crippen LogP contribution in [-0.2, 0) is 10.2 Å². The SMILES string of the molecule is CC(C)(C)c1cc(-c2ccccc2OCC=O)cc2ccccc12. The van der Waals surface area contributed by atoms with Gasteiger partial charge in [-0.15, -0.1) is 0 Å². The van der Waals surface area contributed by atoms with Crippen LogP contribution in [0.15, 0.2) is 60.7 Å². The fourth-order valence-electron chi connectivity index (χ4n) is 3.04. The van der Waals surface area contributed by atoms with E-state index >= 15 is 0 Å². The van der Waals surface area contributed by atoms with E-state index in [9.17, 15) is 4.79 Å². The third kappa shape index (κ3) is 3.18. The highest BCUT2D eigenvalue weighted by molar-refractivity contribution is 5.92. The fraction of sp³-hybridized carbons (Fsp3) is 0.227. The zero-order chi connectivity index (χ0) is 17.2. The molecule has 0 spiro atoms. The Kier molecular flexibility index (Phi) is 4.39. The van der Waals surface area contributed by atoms with Crippen molar-refractivity contribution in [2.45, 2.75) is 26.2 Å². The van der Waals surface area contributed by atoms with Crippen LogP contribution in [0.2, 0.25) is 0 Å². The minimum atomic E-state index is 0.0359. The molecule has 3 rings (SSSR count). The van der Waals surface area contributed by atoms with Gasteiger partial charge in [0.2, 0.25) is 0 Å². The summed E-state index contributed by atoms with van der Waals surface area (Å²) in [5.74, 6) is 0.736. The Bertz CT molecular complexity index is 873. The Morgan fingerprint density at radius 1 is 0.958 bits per heavy atom. The highest BCUT2D eigenvalue weighted by Gasteiger charge is 2.19. The monoisotopic (exact) mass is 318 g/mol. The molecule has 0 N–H and O–H groups in total. The maximum Gasteiger partial charge on any atom is 0.157 e. The Morgan fingerprint density at radius 3 is 2.42 bits per heavy atom. The molecule has 2 nitrogen and oxygen atoms in total. The van der Waals surface area contributed by atoms with Crippen LogP contribution >= 0.6 is 0 Å². The molecule has 3 aromatic carbocycles. The van der Waals surface area contributed by atoms with E-state index in [1.165, 1.54) is 16.3 Å². The van der Waals surface area contributed by atoms with Crippen LogP contribution in [-0.4, -0.2) is 12.9 Å². The van der Waals surface area contributed by atoms with Crippen LogP contribution in [0.5, 0.6) is 5.75 Å². The Labute approximate surface area is 143 Å². The standard InChI is InChI=1S/C22H22O2/c1-22(2,3)20-15-17(14-16-8-4-5-9-18(16)20)19-10-6-7-11-21(19)24-13-12-23/h4-12,14-15H,13H2,1-3H3. The molecule has 0 aliphatic carbocycles. The molecule has 0 aromatic heterocycles. The molecule has 0 fully saturated rings. The Balaban J connectivity index is 2.23. The lowest BCUT2D eigenvalue weighted by atomic mass is 9.82. The summed E-state index contributed by atoms with van der Waals surface area (Å²) >= 11 is 0. The Hall–Kier alpha value is -2.61. The van der Waals surface area contributed by atoms with Gasteiger partial charge < -0.3 is 4.74 Å². The topological polar surface area (TPSA) is 26.3 Å². The van der Waals surface area contributed by atoms with Crippen molar-refractivity contribution in [2.24, 2.45) is 0 Å². The van der Waals surface area contributed by atoms with Gasteiger partial charge in [0.15, 0.2) is 6.29 Å². The lowest BCUT2D eigenvalue weighted by molar-refractivity contribution is -0.109. The second-order valence-corrected chi connectivity index (χ2v) is 6.97. The van der Waals surface area contributed by atoms with Gasteiger partial charge in [0.1, 0.15) is 12.4 Å². The Morgan fingerprint density at radius 2 is 1.67 bits per heavy atom. The van der Waals surface area contributed by atoms with Gasteiger partial charge in [-0.2, -0.15) is 0 Å². The zero-order valence-corrected chi connectivity index (χ0v) is 14.4. The average Bonchev–Trinajstić information content (AvgIpc) is 2.58. The van der Waals surface area contributed by atoms with Gasteiger partial charge in [-0.25, -0.2) is 0 Å². The lowest BCUT2D eigenvalue weighted by Crippen LogP contribution is -2.12. The summed E-state index contributed by atoms with van der Waals surface area (Å²) in [7, 11) is 0.